The summed E-state index contributed by atoms with van der Waals surface area (Å²) in [4.78, 5) is 42.4. The monoisotopic (exact) mass is 437 g/mol. The standard InChI is InChI=1S/C24H43N3O4/c1-10-31-23(30)17(4)15-19(16(2)3)27(9)22(29)20(24(5,6)7)25-21(28)18-13-11-12-14-26(18)8/h15-16,18-20H,10-14H2,1-9H3,(H,25,28)/b17-15+/t18-,19-,20-/m0/s1. The number of esters is 1. The van der Waals surface area contributed by atoms with Crippen LogP contribution >= 0.6 is 0 Å². The van der Waals surface area contributed by atoms with E-state index in [-0.39, 0.29) is 35.8 Å². The summed E-state index contributed by atoms with van der Waals surface area (Å²) in [6.07, 6.45) is 4.70. The van der Waals surface area contributed by atoms with Crippen LogP contribution in [0, 0.1) is 11.3 Å². The number of amides is 2. The molecule has 0 unspecified atom stereocenters. The molecule has 1 saturated heterocycles. The first kappa shape index (κ1) is 27.1. The van der Waals surface area contributed by atoms with Gasteiger partial charge in [0.1, 0.15) is 6.04 Å². The largest absolute Gasteiger partial charge is 0.463 e. The highest BCUT2D eigenvalue weighted by molar-refractivity contribution is 5.91. The zero-order valence-electron chi connectivity index (χ0n) is 20.9. The molecule has 0 radical (unpaired) electrons. The van der Waals surface area contributed by atoms with Gasteiger partial charge in [-0.15, -0.1) is 0 Å². The predicted octanol–water partition coefficient (Wildman–Crippen LogP) is 2.99. The Morgan fingerprint density at radius 2 is 1.84 bits per heavy atom. The molecule has 0 saturated carbocycles. The van der Waals surface area contributed by atoms with E-state index in [9.17, 15) is 14.4 Å². The highest BCUT2D eigenvalue weighted by atomic mass is 16.5. The number of carbonyl (C=O) groups excluding carboxylic acids is 3. The van der Waals surface area contributed by atoms with Crippen molar-refractivity contribution >= 4 is 17.8 Å². The van der Waals surface area contributed by atoms with Crippen LogP contribution in [0.3, 0.4) is 0 Å². The minimum absolute atomic E-state index is 0.0825. The fourth-order valence-electron chi connectivity index (χ4n) is 3.96. The number of ether oxygens (including phenoxy) is 1. The molecule has 0 aromatic heterocycles. The van der Waals surface area contributed by atoms with Crippen molar-refractivity contribution in [1.82, 2.24) is 15.1 Å². The highest BCUT2D eigenvalue weighted by Gasteiger charge is 2.39. The van der Waals surface area contributed by atoms with Crippen LogP contribution in [0.5, 0.6) is 0 Å². The molecule has 31 heavy (non-hydrogen) atoms. The second-order valence-corrected chi connectivity index (χ2v) is 10.1. The summed E-state index contributed by atoms with van der Waals surface area (Å²) in [6.45, 7) is 14.5. The van der Waals surface area contributed by atoms with Crippen molar-refractivity contribution in [3.05, 3.63) is 11.6 Å². The molecule has 2 amide bonds. The maximum absolute atomic E-state index is 13.6. The van der Waals surface area contributed by atoms with Crippen molar-refractivity contribution in [2.45, 2.75) is 85.9 Å². The fraction of sp³-hybridized carbons (Fsp3) is 0.792. The first-order valence-electron chi connectivity index (χ1n) is 11.4. The van der Waals surface area contributed by atoms with Crippen LogP contribution < -0.4 is 5.32 Å². The Balaban J connectivity index is 3.10. The van der Waals surface area contributed by atoms with Gasteiger partial charge in [-0.2, -0.15) is 0 Å². The average molecular weight is 438 g/mol. The molecule has 1 aliphatic heterocycles. The fourth-order valence-corrected chi connectivity index (χ4v) is 3.96. The van der Waals surface area contributed by atoms with Gasteiger partial charge >= 0.3 is 5.97 Å². The lowest BCUT2D eigenvalue weighted by Crippen LogP contribution is -2.59. The molecule has 1 N–H and O–H groups in total. The van der Waals surface area contributed by atoms with Crippen LogP contribution in [0.15, 0.2) is 11.6 Å². The second kappa shape index (κ2) is 11.7. The number of nitrogens with one attached hydrogen (secondary N) is 1. The van der Waals surface area contributed by atoms with Crippen LogP contribution in [0.4, 0.5) is 0 Å². The zero-order valence-corrected chi connectivity index (χ0v) is 20.9. The van der Waals surface area contributed by atoms with Crippen LogP contribution in [0.1, 0.15) is 67.7 Å². The Bertz CT molecular complexity index is 666. The number of carbonyl (C=O) groups is 3. The minimum Gasteiger partial charge on any atom is -0.463 e. The molecular weight excluding hydrogens is 394 g/mol. The molecule has 1 rings (SSSR count). The molecule has 0 bridgehead atoms. The first-order chi connectivity index (χ1) is 14.3. The molecule has 0 aliphatic carbocycles. The van der Waals surface area contributed by atoms with Gasteiger partial charge in [0.05, 0.1) is 18.7 Å². The van der Waals surface area contributed by atoms with E-state index in [1.807, 2.05) is 41.7 Å². The Morgan fingerprint density at radius 3 is 2.32 bits per heavy atom. The van der Waals surface area contributed by atoms with Gasteiger partial charge in [0, 0.05) is 12.6 Å². The SMILES string of the molecule is CCOC(=O)/C(C)=C/[C@@H](C(C)C)N(C)C(=O)[C@H](NC(=O)[C@@H]1CCCCN1C)C(C)(C)C. The average Bonchev–Trinajstić information content (AvgIpc) is 2.68. The highest BCUT2D eigenvalue weighted by Crippen LogP contribution is 2.25. The van der Waals surface area contributed by atoms with Gasteiger partial charge in [-0.1, -0.05) is 47.1 Å². The minimum atomic E-state index is -0.669. The lowest BCUT2D eigenvalue weighted by Gasteiger charge is -2.39. The van der Waals surface area contributed by atoms with Crippen molar-refractivity contribution in [3.8, 4) is 0 Å². The molecular formula is C24H43N3O4. The predicted molar refractivity (Wildman–Crippen MR) is 123 cm³/mol. The summed E-state index contributed by atoms with van der Waals surface area (Å²) in [7, 11) is 3.70. The summed E-state index contributed by atoms with van der Waals surface area (Å²) >= 11 is 0. The Labute approximate surface area is 188 Å². The Kier molecular flexibility index (Phi) is 10.2. The van der Waals surface area contributed by atoms with Crippen molar-refractivity contribution in [2.24, 2.45) is 11.3 Å². The van der Waals surface area contributed by atoms with Gasteiger partial charge in [-0.05, 0) is 51.6 Å². The third-order valence-electron chi connectivity index (χ3n) is 5.97. The van der Waals surface area contributed by atoms with E-state index in [0.717, 1.165) is 25.8 Å². The number of nitrogens with zero attached hydrogens (tertiary/aromatic N) is 2. The Hall–Kier alpha value is -1.89. The van der Waals surface area contributed by atoms with Gasteiger partial charge in [0.25, 0.3) is 0 Å². The van der Waals surface area contributed by atoms with Crippen molar-refractivity contribution in [2.75, 3.05) is 27.2 Å². The van der Waals surface area contributed by atoms with Gasteiger partial charge < -0.3 is 15.0 Å². The van der Waals surface area contributed by atoms with Crippen LogP contribution in [0.2, 0.25) is 0 Å². The van der Waals surface area contributed by atoms with Crippen molar-refractivity contribution in [1.29, 1.82) is 0 Å². The van der Waals surface area contributed by atoms with E-state index in [2.05, 4.69) is 10.2 Å². The van der Waals surface area contributed by atoms with Crippen LogP contribution in [-0.2, 0) is 19.1 Å². The third-order valence-corrected chi connectivity index (χ3v) is 5.97. The molecule has 1 heterocycles. The van der Waals surface area contributed by atoms with E-state index in [1.54, 1.807) is 31.9 Å². The van der Waals surface area contributed by atoms with Crippen LogP contribution in [-0.4, -0.2) is 73.0 Å². The molecule has 1 aliphatic rings. The second-order valence-electron chi connectivity index (χ2n) is 10.1. The number of rotatable bonds is 8. The maximum Gasteiger partial charge on any atom is 0.333 e. The van der Waals surface area contributed by atoms with Crippen LogP contribution in [0.25, 0.3) is 0 Å². The molecule has 7 heteroatoms. The van der Waals surface area contributed by atoms with Gasteiger partial charge in [-0.25, -0.2) is 4.79 Å². The van der Waals surface area contributed by atoms with Crippen molar-refractivity contribution in [3.63, 3.8) is 0 Å². The van der Waals surface area contributed by atoms with E-state index in [0.29, 0.717) is 12.2 Å². The molecule has 0 aromatic rings. The van der Waals surface area contributed by atoms with Gasteiger partial charge in [0.15, 0.2) is 0 Å². The first-order valence-corrected chi connectivity index (χ1v) is 11.4. The number of likely N-dealkylation sites (tertiary alicyclic amines) is 1. The van der Waals surface area contributed by atoms with Gasteiger partial charge in [0.2, 0.25) is 11.8 Å². The lowest BCUT2D eigenvalue weighted by atomic mass is 9.84. The zero-order chi connectivity index (χ0) is 23.9. The van der Waals surface area contributed by atoms with Crippen molar-refractivity contribution < 1.29 is 19.1 Å². The molecule has 3 atom stereocenters. The molecule has 0 aromatic carbocycles. The number of hydrogen-bond acceptors (Lipinski definition) is 5. The summed E-state index contributed by atoms with van der Waals surface area (Å²) in [5, 5.41) is 3.04. The molecule has 1 fully saturated rings. The van der Waals surface area contributed by atoms with E-state index < -0.39 is 11.5 Å². The third kappa shape index (κ3) is 7.63. The summed E-state index contributed by atoms with van der Waals surface area (Å²) in [6, 6.07) is -1.17. The lowest BCUT2D eigenvalue weighted by molar-refractivity contribution is -0.141. The summed E-state index contributed by atoms with van der Waals surface area (Å²) in [5.41, 5.74) is 0.00994. The normalized spacial score (nSPS) is 20.2. The summed E-state index contributed by atoms with van der Waals surface area (Å²) < 4.78 is 5.08. The van der Waals surface area contributed by atoms with E-state index >= 15 is 0 Å². The number of piperidine rings is 1. The molecule has 178 valence electrons. The van der Waals surface area contributed by atoms with E-state index in [4.69, 9.17) is 4.74 Å². The molecule has 7 nitrogen and oxygen atoms in total. The Morgan fingerprint density at radius 1 is 1.23 bits per heavy atom. The topological polar surface area (TPSA) is 79.0 Å². The quantitative estimate of drug-likeness (QED) is 0.466. The maximum atomic E-state index is 13.6. The number of hydrogen-bond donors (Lipinski definition) is 1. The molecule has 0 spiro atoms. The smallest absolute Gasteiger partial charge is 0.333 e. The van der Waals surface area contributed by atoms with Gasteiger partial charge in [-0.3, -0.25) is 14.5 Å². The van der Waals surface area contributed by atoms with E-state index in [1.165, 1.54) is 0 Å². The number of likely N-dealkylation sites (N-methyl/N-ethyl adjacent to an activating group) is 2. The summed E-state index contributed by atoms with van der Waals surface area (Å²) in [5.74, 6) is -0.553.